The second kappa shape index (κ2) is 6.51. The summed E-state index contributed by atoms with van der Waals surface area (Å²) >= 11 is 0. The zero-order valence-corrected chi connectivity index (χ0v) is 11.1. The van der Waals surface area contributed by atoms with E-state index < -0.39 is 16.9 Å². The van der Waals surface area contributed by atoms with Crippen LogP contribution in [-0.4, -0.2) is 22.0 Å². The zero-order chi connectivity index (χ0) is 15.2. The number of hydrogen-bond acceptors (Lipinski definition) is 4. The number of carboxylic acid groups (broad SMARTS) is 1. The van der Waals surface area contributed by atoms with Crippen molar-refractivity contribution < 1.29 is 14.8 Å². The van der Waals surface area contributed by atoms with Crippen molar-refractivity contribution in [3.8, 4) is 0 Å². The highest BCUT2D eigenvalue weighted by atomic mass is 16.6. The number of benzene rings is 2. The maximum Gasteiger partial charge on any atom is 0.326 e. The van der Waals surface area contributed by atoms with E-state index in [9.17, 15) is 20.0 Å². The van der Waals surface area contributed by atoms with Gasteiger partial charge in [-0.25, -0.2) is 4.79 Å². The molecule has 2 N–H and O–H groups in total. The number of nitro groups is 1. The normalized spacial score (nSPS) is 11.6. The van der Waals surface area contributed by atoms with Crippen LogP contribution in [0.25, 0.3) is 0 Å². The second-order valence-electron chi connectivity index (χ2n) is 4.53. The van der Waals surface area contributed by atoms with Gasteiger partial charge in [0.05, 0.1) is 4.92 Å². The van der Waals surface area contributed by atoms with Gasteiger partial charge in [-0.3, -0.25) is 10.1 Å². The number of carbonyl (C=O) groups is 1. The third kappa shape index (κ3) is 4.04. The maximum atomic E-state index is 11.3. The molecule has 0 heterocycles. The van der Waals surface area contributed by atoms with E-state index in [1.165, 1.54) is 18.2 Å². The summed E-state index contributed by atoms with van der Waals surface area (Å²) in [5.74, 6) is -1.01. The molecule has 0 aromatic heterocycles. The highest BCUT2D eigenvalue weighted by Gasteiger charge is 2.18. The van der Waals surface area contributed by atoms with Gasteiger partial charge in [0, 0.05) is 24.2 Å². The van der Waals surface area contributed by atoms with Gasteiger partial charge in [0.2, 0.25) is 0 Å². The fourth-order valence-corrected chi connectivity index (χ4v) is 1.96. The highest BCUT2D eigenvalue weighted by Crippen LogP contribution is 2.18. The van der Waals surface area contributed by atoms with E-state index in [0.29, 0.717) is 12.1 Å². The number of nitrogens with zero attached hydrogens (tertiary/aromatic N) is 1. The summed E-state index contributed by atoms with van der Waals surface area (Å²) in [4.78, 5) is 21.5. The quantitative estimate of drug-likeness (QED) is 0.629. The molecule has 0 aliphatic heterocycles. The number of rotatable bonds is 6. The Morgan fingerprint density at radius 1 is 1.19 bits per heavy atom. The number of aliphatic carboxylic acids is 1. The topological polar surface area (TPSA) is 92.5 Å². The van der Waals surface area contributed by atoms with Gasteiger partial charge < -0.3 is 10.4 Å². The van der Waals surface area contributed by atoms with Crippen molar-refractivity contribution in [1.29, 1.82) is 0 Å². The first-order valence-corrected chi connectivity index (χ1v) is 6.34. The van der Waals surface area contributed by atoms with Crippen LogP contribution in [0, 0.1) is 10.1 Å². The van der Waals surface area contributed by atoms with Crippen LogP contribution in [-0.2, 0) is 11.2 Å². The molecule has 2 rings (SSSR count). The van der Waals surface area contributed by atoms with Crippen molar-refractivity contribution in [3.63, 3.8) is 0 Å². The Kier molecular flexibility index (Phi) is 4.50. The smallest absolute Gasteiger partial charge is 0.326 e. The SMILES string of the molecule is O=C(O)[C@H](Cc1ccccc1)Nc1cccc([N+](=O)[O-])c1. The highest BCUT2D eigenvalue weighted by molar-refractivity contribution is 5.78. The molecule has 21 heavy (non-hydrogen) atoms. The second-order valence-corrected chi connectivity index (χ2v) is 4.53. The molecule has 2 aromatic carbocycles. The predicted octanol–water partition coefficient (Wildman–Crippen LogP) is 2.70. The predicted molar refractivity (Wildman–Crippen MR) is 78.3 cm³/mol. The lowest BCUT2D eigenvalue weighted by molar-refractivity contribution is -0.384. The number of anilines is 1. The van der Waals surface area contributed by atoms with Crippen molar-refractivity contribution >= 4 is 17.3 Å². The molecular formula is C15H14N2O4. The average molecular weight is 286 g/mol. The van der Waals surface area contributed by atoms with E-state index in [2.05, 4.69) is 5.32 Å². The van der Waals surface area contributed by atoms with Crippen LogP contribution in [0.4, 0.5) is 11.4 Å². The van der Waals surface area contributed by atoms with Crippen molar-refractivity contribution in [3.05, 3.63) is 70.3 Å². The number of nitro benzene ring substituents is 1. The molecule has 108 valence electrons. The molecule has 0 aliphatic rings. The van der Waals surface area contributed by atoms with Crippen LogP contribution < -0.4 is 5.32 Å². The lowest BCUT2D eigenvalue weighted by atomic mass is 10.1. The van der Waals surface area contributed by atoms with Crippen LogP contribution in [0.3, 0.4) is 0 Å². The molecule has 0 aliphatic carbocycles. The minimum absolute atomic E-state index is 0.0798. The van der Waals surface area contributed by atoms with E-state index in [1.807, 2.05) is 30.3 Å². The Hall–Kier alpha value is -2.89. The Bertz CT molecular complexity index is 643. The fraction of sp³-hybridized carbons (Fsp3) is 0.133. The van der Waals surface area contributed by atoms with Crippen LogP contribution in [0.5, 0.6) is 0 Å². The van der Waals surface area contributed by atoms with Gasteiger partial charge in [-0.05, 0) is 11.6 Å². The van der Waals surface area contributed by atoms with Crippen molar-refractivity contribution in [1.82, 2.24) is 0 Å². The first kappa shape index (κ1) is 14.5. The molecule has 2 aromatic rings. The lowest BCUT2D eigenvalue weighted by Gasteiger charge is -2.15. The maximum absolute atomic E-state index is 11.3. The summed E-state index contributed by atoms with van der Waals surface area (Å²) in [6.07, 6.45) is 0.291. The van der Waals surface area contributed by atoms with Gasteiger partial charge in [0.1, 0.15) is 6.04 Å². The molecule has 0 amide bonds. The summed E-state index contributed by atoms with van der Waals surface area (Å²) < 4.78 is 0. The summed E-state index contributed by atoms with van der Waals surface area (Å²) in [7, 11) is 0. The third-order valence-electron chi connectivity index (χ3n) is 2.98. The standard InChI is InChI=1S/C15H14N2O4/c18-15(19)14(9-11-5-2-1-3-6-11)16-12-7-4-8-13(10-12)17(20)21/h1-8,10,14,16H,9H2,(H,18,19)/t14-/m0/s1. The zero-order valence-electron chi connectivity index (χ0n) is 11.1. The van der Waals surface area contributed by atoms with E-state index in [0.717, 1.165) is 5.56 Å². The van der Waals surface area contributed by atoms with Gasteiger partial charge in [-0.1, -0.05) is 36.4 Å². The summed E-state index contributed by atoms with van der Waals surface area (Å²) in [5, 5.41) is 22.8. The molecule has 6 heteroatoms. The Balaban J connectivity index is 2.15. The average Bonchev–Trinajstić information content (AvgIpc) is 2.48. The van der Waals surface area contributed by atoms with Crippen LogP contribution in [0.1, 0.15) is 5.56 Å². The first-order valence-electron chi connectivity index (χ1n) is 6.34. The van der Waals surface area contributed by atoms with Gasteiger partial charge in [-0.15, -0.1) is 0 Å². The monoisotopic (exact) mass is 286 g/mol. The fourth-order valence-electron chi connectivity index (χ4n) is 1.96. The number of nitrogens with one attached hydrogen (secondary N) is 1. The van der Waals surface area contributed by atoms with Gasteiger partial charge in [0.25, 0.3) is 5.69 Å². The minimum atomic E-state index is -1.01. The molecule has 0 unspecified atom stereocenters. The number of non-ortho nitro benzene ring substituents is 1. The molecule has 0 saturated carbocycles. The van der Waals surface area contributed by atoms with Crippen LogP contribution in [0.15, 0.2) is 54.6 Å². The first-order chi connectivity index (χ1) is 10.1. The molecule has 0 saturated heterocycles. The minimum Gasteiger partial charge on any atom is -0.480 e. The van der Waals surface area contributed by atoms with E-state index in [1.54, 1.807) is 6.07 Å². The van der Waals surface area contributed by atoms with Gasteiger partial charge in [-0.2, -0.15) is 0 Å². The summed E-state index contributed by atoms with van der Waals surface area (Å²) in [6, 6.07) is 14.1. The van der Waals surface area contributed by atoms with E-state index in [-0.39, 0.29) is 5.69 Å². The van der Waals surface area contributed by atoms with E-state index >= 15 is 0 Å². The van der Waals surface area contributed by atoms with Crippen LogP contribution in [0.2, 0.25) is 0 Å². The van der Waals surface area contributed by atoms with Crippen molar-refractivity contribution in [2.24, 2.45) is 0 Å². The Morgan fingerprint density at radius 2 is 1.90 bits per heavy atom. The molecule has 0 fully saturated rings. The lowest BCUT2D eigenvalue weighted by Crippen LogP contribution is -2.31. The van der Waals surface area contributed by atoms with Gasteiger partial charge in [0.15, 0.2) is 0 Å². The summed E-state index contributed by atoms with van der Waals surface area (Å²) in [6.45, 7) is 0. The third-order valence-corrected chi connectivity index (χ3v) is 2.98. The number of carboxylic acids is 1. The summed E-state index contributed by atoms with van der Waals surface area (Å²) in [5.41, 5.74) is 1.21. The van der Waals surface area contributed by atoms with E-state index in [4.69, 9.17) is 0 Å². The molecular weight excluding hydrogens is 272 g/mol. The molecule has 0 radical (unpaired) electrons. The Labute approximate surface area is 121 Å². The Morgan fingerprint density at radius 3 is 2.52 bits per heavy atom. The number of hydrogen-bond donors (Lipinski definition) is 2. The molecule has 1 atom stereocenters. The molecule has 0 bridgehead atoms. The van der Waals surface area contributed by atoms with Crippen molar-refractivity contribution in [2.75, 3.05) is 5.32 Å². The van der Waals surface area contributed by atoms with Gasteiger partial charge >= 0.3 is 5.97 Å². The molecule has 0 spiro atoms. The van der Waals surface area contributed by atoms with Crippen molar-refractivity contribution in [2.45, 2.75) is 12.5 Å². The van der Waals surface area contributed by atoms with Crippen LogP contribution >= 0.6 is 0 Å². The largest absolute Gasteiger partial charge is 0.480 e. The molecule has 6 nitrogen and oxygen atoms in total.